The van der Waals surface area contributed by atoms with E-state index < -0.39 is 0 Å². The number of benzene rings is 1. The Kier molecular flexibility index (Phi) is 20.5. The van der Waals surface area contributed by atoms with Crippen LogP contribution in [-0.4, -0.2) is 26.2 Å². The minimum absolute atomic E-state index is 0.518. The fourth-order valence-corrected chi connectivity index (χ4v) is 1.74. The van der Waals surface area contributed by atoms with Gasteiger partial charge in [-0.2, -0.15) is 0 Å². The first-order chi connectivity index (χ1) is 9.24. The van der Waals surface area contributed by atoms with Crippen LogP contribution in [0.15, 0.2) is 12.1 Å². The van der Waals surface area contributed by atoms with Crippen LogP contribution in [0, 0.1) is 0 Å². The molecule has 0 bridgehead atoms. The third-order valence-corrected chi connectivity index (χ3v) is 2.58. The fraction of sp³-hybridized carbons (Fsp3) is 0.600. The van der Waals surface area contributed by atoms with Crippen LogP contribution in [0.5, 0.6) is 5.75 Å². The Bertz CT molecular complexity index is 302. The lowest BCUT2D eigenvalue weighted by molar-refractivity contribution is 0.461. The Hall–Kier alpha value is -1.10. The van der Waals surface area contributed by atoms with Crippen molar-refractivity contribution in [2.45, 2.75) is 40.0 Å². The van der Waals surface area contributed by atoms with E-state index in [9.17, 15) is 5.11 Å². The predicted octanol–water partition coefficient (Wildman–Crippen LogP) is 1.80. The normalized spacial score (nSPS) is 8.05. The smallest absolute Gasteiger partial charge is 0.122 e. The Morgan fingerprint density at radius 3 is 1.42 bits per heavy atom. The summed E-state index contributed by atoms with van der Waals surface area (Å²) in [6.45, 7) is 6.29. The van der Waals surface area contributed by atoms with Crippen LogP contribution < -0.4 is 17.2 Å². The third kappa shape index (κ3) is 7.82. The van der Waals surface area contributed by atoms with Gasteiger partial charge in [-0.3, -0.25) is 0 Å². The quantitative estimate of drug-likeness (QED) is 0.674. The molecule has 0 aliphatic heterocycles. The highest BCUT2D eigenvalue weighted by Crippen LogP contribution is 2.27. The summed E-state index contributed by atoms with van der Waals surface area (Å²) in [6.07, 6.45) is 2.83. The summed E-state index contributed by atoms with van der Waals surface area (Å²) in [5, 5.41) is 9.90. The SMILES string of the molecule is CCc1ccc(CC)c(CC)c1O.CN.CN.CN. The minimum Gasteiger partial charge on any atom is -0.507 e. The monoisotopic (exact) mass is 271 g/mol. The van der Waals surface area contributed by atoms with E-state index in [2.05, 4.69) is 44.0 Å². The van der Waals surface area contributed by atoms with Crippen LogP contribution in [0.4, 0.5) is 0 Å². The van der Waals surface area contributed by atoms with Gasteiger partial charge in [0, 0.05) is 0 Å². The van der Waals surface area contributed by atoms with Crippen LogP contribution in [0.25, 0.3) is 0 Å². The average Bonchev–Trinajstić information content (AvgIpc) is 2.52. The maximum absolute atomic E-state index is 9.90. The largest absolute Gasteiger partial charge is 0.507 e. The fourth-order valence-electron chi connectivity index (χ4n) is 1.74. The second kappa shape index (κ2) is 16.9. The number of aryl methyl sites for hydroxylation is 2. The highest BCUT2D eigenvalue weighted by Gasteiger charge is 2.08. The molecular formula is C15H33N3O. The molecule has 0 atom stereocenters. The van der Waals surface area contributed by atoms with Gasteiger partial charge in [0.15, 0.2) is 0 Å². The molecule has 1 rings (SSSR count). The molecule has 0 radical (unpaired) electrons. The number of hydrogen-bond donors (Lipinski definition) is 4. The van der Waals surface area contributed by atoms with E-state index >= 15 is 0 Å². The molecule has 0 spiro atoms. The van der Waals surface area contributed by atoms with Gasteiger partial charge in [0.25, 0.3) is 0 Å². The molecule has 4 heteroatoms. The number of rotatable bonds is 3. The van der Waals surface area contributed by atoms with E-state index in [0.29, 0.717) is 5.75 Å². The van der Waals surface area contributed by atoms with Gasteiger partial charge in [-0.1, -0.05) is 32.9 Å². The summed E-state index contributed by atoms with van der Waals surface area (Å²) < 4.78 is 0. The van der Waals surface area contributed by atoms with Crippen LogP contribution in [-0.2, 0) is 19.3 Å². The molecule has 0 unspecified atom stereocenters. The summed E-state index contributed by atoms with van der Waals surface area (Å²) in [6, 6.07) is 4.17. The summed E-state index contributed by atoms with van der Waals surface area (Å²) in [5.41, 5.74) is 17.0. The standard InChI is InChI=1S/C12H18O.3CH5N/c1-4-9-7-8-10(5-2)12(13)11(9)6-3;3*1-2/h7-8,13H,4-6H2,1-3H3;3*2H2,1H3. The molecule has 0 amide bonds. The van der Waals surface area contributed by atoms with E-state index in [1.807, 2.05) is 6.07 Å². The minimum atomic E-state index is 0.518. The number of phenolic OH excluding ortho intramolecular Hbond substituents is 1. The van der Waals surface area contributed by atoms with Gasteiger partial charge >= 0.3 is 0 Å². The summed E-state index contributed by atoms with van der Waals surface area (Å²) in [5.74, 6) is 0.518. The van der Waals surface area contributed by atoms with Gasteiger partial charge in [-0.25, -0.2) is 0 Å². The van der Waals surface area contributed by atoms with E-state index in [4.69, 9.17) is 0 Å². The molecule has 0 saturated carbocycles. The first kappa shape index (κ1) is 23.0. The Balaban J connectivity index is -0.000000375. The van der Waals surface area contributed by atoms with Crippen LogP contribution in [0.3, 0.4) is 0 Å². The van der Waals surface area contributed by atoms with Crippen molar-refractivity contribution in [1.29, 1.82) is 0 Å². The summed E-state index contributed by atoms with van der Waals surface area (Å²) >= 11 is 0. The van der Waals surface area contributed by atoms with E-state index in [1.165, 1.54) is 26.7 Å². The topological polar surface area (TPSA) is 98.3 Å². The Morgan fingerprint density at radius 1 is 0.737 bits per heavy atom. The second-order valence-corrected chi connectivity index (χ2v) is 3.27. The molecule has 0 saturated heterocycles. The number of phenols is 1. The molecule has 19 heavy (non-hydrogen) atoms. The molecule has 0 aromatic heterocycles. The third-order valence-electron chi connectivity index (χ3n) is 2.58. The number of hydrogen-bond acceptors (Lipinski definition) is 4. The molecule has 7 N–H and O–H groups in total. The van der Waals surface area contributed by atoms with Gasteiger partial charge in [0.1, 0.15) is 5.75 Å². The first-order valence-corrected chi connectivity index (χ1v) is 6.80. The maximum atomic E-state index is 9.90. The lowest BCUT2D eigenvalue weighted by Gasteiger charge is -2.11. The lowest BCUT2D eigenvalue weighted by atomic mass is 9.97. The van der Waals surface area contributed by atoms with Crippen molar-refractivity contribution < 1.29 is 5.11 Å². The van der Waals surface area contributed by atoms with Crippen molar-refractivity contribution in [3.05, 3.63) is 28.8 Å². The van der Waals surface area contributed by atoms with Gasteiger partial charge in [-0.05, 0) is 57.1 Å². The molecule has 4 nitrogen and oxygen atoms in total. The summed E-state index contributed by atoms with van der Waals surface area (Å²) in [4.78, 5) is 0. The predicted molar refractivity (Wildman–Crippen MR) is 86.6 cm³/mol. The van der Waals surface area contributed by atoms with Crippen molar-refractivity contribution in [3.63, 3.8) is 0 Å². The van der Waals surface area contributed by atoms with Crippen molar-refractivity contribution in [1.82, 2.24) is 0 Å². The van der Waals surface area contributed by atoms with E-state index in [1.54, 1.807) is 0 Å². The molecule has 114 valence electrons. The van der Waals surface area contributed by atoms with Crippen LogP contribution >= 0.6 is 0 Å². The van der Waals surface area contributed by atoms with Gasteiger partial charge in [0.05, 0.1) is 0 Å². The zero-order chi connectivity index (χ0) is 15.8. The first-order valence-electron chi connectivity index (χ1n) is 6.80. The number of aromatic hydroxyl groups is 1. The molecule has 0 fully saturated rings. The number of nitrogens with two attached hydrogens (primary N) is 3. The molecule has 1 aromatic rings. The van der Waals surface area contributed by atoms with E-state index in [-0.39, 0.29) is 0 Å². The average molecular weight is 271 g/mol. The van der Waals surface area contributed by atoms with Crippen molar-refractivity contribution in [2.75, 3.05) is 21.1 Å². The van der Waals surface area contributed by atoms with Crippen LogP contribution in [0.1, 0.15) is 37.5 Å². The zero-order valence-corrected chi connectivity index (χ0v) is 13.5. The molecule has 0 aliphatic rings. The lowest BCUT2D eigenvalue weighted by Crippen LogP contribution is -1.94. The van der Waals surface area contributed by atoms with Crippen molar-refractivity contribution in [3.8, 4) is 5.75 Å². The molecule has 0 aliphatic carbocycles. The van der Waals surface area contributed by atoms with E-state index in [0.717, 1.165) is 30.4 Å². The summed E-state index contributed by atoms with van der Waals surface area (Å²) in [7, 11) is 4.50. The molecule has 1 aromatic carbocycles. The van der Waals surface area contributed by atoms with Crippen molar-refractivity contribution in [2.24, 2.45) is 17.2 Å². The van der Waals surface area contributed by atoms with Gasteiger partial charge in [0.2, 0.25) is 0 Å². The molecular weight excluding hydrogens is 238 g/mol. The van der Waals surface area contributed by atoms with Crippen molar-refractivity contribution >= 4 is 0 Å². The highest BCUT2D eigenvalue weighted by atomic mass is 16.3. The Labute approximate surface area is 119 Å². The zero-order valence-electron chi connectivity index (χ0n) is 13.5. The van der Waals surface area contributed by atoms with Crippen LogP contribution in [0.2, 0.25) is 0 Å². The van der Waals surface area contributed by atoms with Gasteiger partial charge < -0.3 is 22.3 Å². The Morgan fingerprint density at radius 2 is 1.11 bits per heavy atom. The maximum Gasteiger partial charge on any atom is 0.122 e. The molecule has 0 heterocycles. The van der Waals surface area contributed by atoms with Gasteiger partial charge in [-0.15, -0.1) is 0 Å². The second-order valence-electron chi connectivity index (χ2n) is 3.27. The highest BCUT2D eigenvalue weighted by molar-refractivity contribution is 5.45.